The van der Waals surface area contributed by atoms with Crippen LogP contribution in [0.15, 0.2) is 36.8 Å². The number of hydrogen-bond acceptors (Lipinski definition) is 6. The first-order chi connectivity index (χ1) is 15.1. The molecule has 1 amide bonds. The molecule has 3 heterocycles. The number of aryl methyl sites for hydroxylation is 1. The number of nitrogens with two attached hydrogens (primary N) is 1. The SMILES string of the molecule is Cn1cc(-c2nc(-c3ccc(C4CC4)nc3)cc(C(=O)NC[C@@H](O)C(F)(F)F)c2N)cn1. The van der Waals surface area contributed by atoms with E-state index in [-0.39, 0.29) is 16.9 Å². The van der Waals surface area contributed by atoms with Crippen LogP contribution in [0.5, 0.6) is 0 Å². The van der Waals surface area contributed by atoms with Crippen LogP contribution in [0, 0.1) is 0 Å². The zero-order valence-corrected chi connectivity index (χ0v) is 17.1. The summed E-state index contributed by atoms with van der Waals surface area (Å²) in [5.74, 6) is -0.391. The molecule has 1 fully saturated rings. The minimum atomic E-state index is -4.85. The molecule has 3 aromatic heterocycles. The molecule has 0 spiro atoms. The van der Waals surface area contributed by atoms with Gasteiger partial charge >= 0.3 is 6.18 Å². The van der Waals surface area contributed by atoms with E-state index in [0.29, 0.717) is 22.7 Å². The molecular weight excluding hydrogens is 425 g/mol. The number of nitrogens with one attached hydrogen (secondary N) is 1. The number of aliphatic hydroxyl groups is 1. The molecule has 8 nitrogen and oxygen atoms in total. The third-order valence-electron chi connectivity index (χ3n) is 5.19. The maximum atomic E-state index is 12.7. The standard InChI is InChI=1S/C21H21F3N6O2/c1-30-10-13(8-28-30)19-18(25)14(20(32)27-9-17(31)21(22,23)24)6-16(29-19)12-4-5-15(26-7-12)11-2-3-11/h4-8,10-11,17,31H,2-3,9,25H2,1H3,(H,27,32)/t17-/m1/s1. The third kappa shape index (κ3) is 4.57. The molecule has 0 unspecified atom stereocenters. The number of aromatic nitrogens is 4. The largest absolute Gasteiger partial charge is 0.416 e. The highest BCUT2D eigenvalue weighted by atomic mass is 19.4. The van der Waals surface area contributed by atoms with Gasteiger partial charge in [-0.25, -0.2) is 4.98 Å². The molecule has 0 bridgehead atoms. The number of nitrogen functional groups attached to an aromatic ring is 1. The van der Waals surface area contributed by atoms with Crippen LogP contribution >= 0.6 is 0 Å². The second kappa shape index (κ2) is 8.23. The molecule has 3 aromatic rings. The highest BCUT2D eigenvalue weighted by Crippen LogP contribution is 2.39. The number of carbonyl (C=O) groups is 1. The van der Waals surface area contributed by atoms with Gasteiger partial charge in [-0.3, -0.25) is 14.5 Å². The summed E-state index contributed by atoms with van der Waals surface area (Å²) in [6.07, 6.45) is -0.507. The van der Waals surface area contributed by atoms with E-state index in [4.69, 9.17) is 5.73 Å². The van der Waals surface area contributed by atoms with Crippen molar-refractivity contribution in [2.24, 2.45) is 7.05 Å². The molecular formula is C21H21F3N6O2. The molecule has 4 N–H and O–H groups in total. The number of alkyl halides is 3. The Morgan fingerprint density at radius 3 is 2.62 bits per heavy atom. The van der Waals surface area contributed by atoms with Crippen LogP contribution in [-0.2, 0) is 7.05 Å². The Bertz CT molecular complexity index is 1140. The van der Waals surface area contributed by atoms with Gasteiger partial charge in [0.2, 0.25) is 0 Å². The molecule has 1 saturated carbocycles. The second-order valence-electron chi connectivity index (χ2n) is 7.73. The van der Waals surface area contributed by atoms with Crippen molar-refractivity contribution in [2.75, 3.05) is 12.3 Å². The molecule has 11 heteroatoms. The summed E-state index contributed by atoms with van der Waals surface area (Å²) in [4.78, 5) is 21.7. The number of nitrogens with zero attached hydrogens (tertiary/aromatic N) is 4. The Morgan fingerprint density at radius 2 is 2.06 bits per heavy atom. The van der Waals surface area contributed by atoms with Crippen molar-refractivity contribution < 1.29 is 23.1 Å². The lowest BCUT2D eigenvalue weighted by Crippen LogP contribution is -2.40. The summed E-state index contributed by atoms with van der Waals surface area (Å²) in [6, 6.07) is 5.13. The van der Waals surface area contributed by atoms with E-state index in [0.717, 1.165) is 18.5 Å². The molecule has 1 aliphatic carbocycles. The minimum absolute atomic E-state index is 0.0108. The van der Waals surface area contributed by atoms with E-state index in [1.807, 2.05) is 12.1 Å². The van der Waals surface area contributed by atoms with Gasteiger partial charge in [0.1, 0.15) is 0 Å². The van der Waals surface area contributed by atoms with Crippen molar-refractivity contribution >= 4 is 11.6 Å². The predicted octanol–water partition coefficient (Wildman–Crippen LogP) is 2.66. The van der Waals surface area contributed by atoms with Crippen LogP contribution in [0.3, 0.4) is 0 Å². The van der Waals surface area contributed by atoms with Gasteiger partial charge in [-0.15, -0.1) is 0 Å². The van der Waals surface area contributed by atoms with Crippen LogP contribution in [0.25, 0.3) is 22.5 Å². The number of anilines is 1. The van der Waals surface area contributed by atoms with Crippen molar-refractivity contribution in [1.29, 1.82) is 0 Å². The average molecular weight is 446 g/mol. The highest BCUT2D eigenvalue weighted by molar-refractivity contribution is 6.03. The lowest BCUT2D eigenvalue weighted by atomic mass is 10.0. The van der Waals surface area contributed by atoms with Crippen molar-refractivity contribution in [3.8, 4) is 22.5 Å². The average Bonchev–Trinajstić information content (AvgIpc) is 3.52. The molecule has 0 aliphatic heterocycles. The van der Waals surface area contributed by atoms with Gasteiger partial charge in [-0.2, -0.15) is 18.3 Å². The molecule has 0 radical (unpaired) electrons. The van der Waals surface area contributed by atoms with Crippen LogP contribution in [0.2, 0.25) is 0 Å². The van der Waals surface area contributed by atoms with Gasteiger partial charge in [0, 0.05) is 42.2 Å². The monoisotopic (exact) mass is 446 g/mol. The number of carbonyl (C=O) groups excluding carboxylic acids is 1. The molecule has 168 valence electrons. The number of pyridine rings is 2. The van der Waals surface area contributed by atoms with E-state index in [1.165, 1.54) is 16.9 Å². The number of aliphatic hydroxyl groups excluding tert-OH is 1. The van der Waals surface area contributed by atoms with Gasteiger partial charge in [0.05, 0.1) is 35.4 Å². The number of amides is 1. The zero-order valence-electron chi connectivity index (χ0n) is 17.1. The number of halogens is 3. The van der Waals surface area contributed by atoms with Crippen LogP contribution in [0.4, 0.5) is 18.9 Å². The van der Waals surface area contributed by atoms with Crippen molar-refractivity contribution in [1.82, 2.24) is 25.1 Å². The van der Waals surface area contributed by atoms with Crippen LogP contribution in [-0.4, -0.2) is 49.6 Å². The maximum Gasteiger partial charge on any atom is 0.416 e. The van der Waals surface area contributed by atoms with Crippen LogP contribution in [0.1, 0.15) is 34.8 Å². The fraction of sp³-hybridized carbons (Fsp3) is 0.333. The van der Waals surface area contributed by atoms with Gasteiger partial charge in [-0.1, -0.05) is 0 Å². The topological polar surface area (TPSA) is 119 Å². The Labute approximate surface area is 181 Å². The zero-order chi connectivity index (χ0) is 23.0. The molecule has 1 aliphatic rings. The van der Waals surface area contributed by atoms with E-state index in [1.54, 1.807) is 19.4 Å². The lowest BCUT2D eigenvalue weighted by Gasteiger charge is -2.16. The lowest BCUT2D eigenvalue weighted by molar-refractivity contribution is -0.201. The summed E-state index contributed by atoms with van der Waals surface area (Å²) in [6.45, 7) is -1.00. The van der Waals surface area contributed by atoms with Gasteiger partial charge in [0.15, 0.2) is 6.10 Å². The summed E-state index contributed by atoms with van der Waals surface area (Å²) >= 11 is 0. The molecule has 4 rings (SSSR count). The van der Waals surface area contributed by atoms with Gasteiger partial charge in [0.25, 0.3) is 5.91 Å². The highest BCUT2D eigenvalue weighted by Gasteiger charge is 2.38. The van der Waals surface area contributed by atoms with Crippen LogP contribution < -0.4 is 11.1 Å². The summed E-state index contributed by atoms with van der Waals surface area (Å²) in [5.41, 5.74) is 8.91. The molecule has 0 aromatic carbocycles. The molecule has 1 atom stereocenters. The normalized spacial score (nSPS) is 14.9. The van der Waals surface area contributed by atoms with Gasteiger partial charge < -0.3 is 16.2 Å². The van der Waals surface area contributed by atoms with E-state index < -0.39 is 24.7 Å². The smallest absolute Gasteiger partial charge is 0.396 e. The maximum absolute atomic E-state index is 12.7. The molecule has 0 saturated heterocycles. The quantitative estimate of drug-likeness (QED) is 0.536. The van der Waals surface area contributed by atoms with Crippen molar-refractivity contribution in [3.05, 3.63) is 48.0 Å². The summed E-state index contributed by atoms with van der Waals surface area (Å²) < 4.78 is 39.3. The Balaban J connectivity index is 1.71. The Kier molecular flexibility index (Phi) is 5.59. The number of rotatable bonds is 6. The summed E-state index contributed by atoms with van der Waals surface area (Å²) in [5, 5.41) is 15.4. The first kappa shape index (κ1) is 21.8. The van der Waals surface area contributed by atoms with Gasteiger partial charge in [-0.05, 0) is 31.0 Å². The Hall–Kier alpha value is -3.47. The van der Waals surface area contributed by atoms with E-state index in [2.05, 4.69) is 20.4 Å². The van der Waals surface area contributed by atoms with E-state index >= 15 is 0 Å². The predicted molar refractivity (Wildman–Crippen MR) is 110 cm³/mol. The first-order valence-corrected chi connectivity index (χ1v) is 9.92. The third-order valence-corrected chi connectivity index (χ3v) is 5.19. The fourth-order valence-corrected chi connectivity index (χ4v) is 3.23. The minimum Gasteiger partial charge on any atom is -0.396 e. The Morgan fingerprint density at radius 1 is 1.31 bits per heavy atom. The summed E-state index contributed by atoms with van der Waals surface area (Å²) in [7, 11) is 1.70. The van der Waals surface area contributed by atoms with Crippen molar-refractivity contribution in [2.45, 2.75) is 31.0 Å². The fourth-order valence-electron chi connectivity index (χ4n) is 3.23. The second-order valence-corrected chi connectivity index (χ2v) is 7.73. The van der Waals surface area contributed by atoms with Crippen molar-refractivity contribution in [3.63, 3.8) is 0 Å². The van der Waals surface area contributed by atoms with E-state index in [9.17, 15) is 23.1 Å². The molecule has 32 heavy (non-hydrogen) atoms. The number of hydrogen-bond donors (Lipinski definition) is 3. The first-order valence-electron chi connectivity index (χ1n) is 9.92.